The number of pyridine rings is 1. The highest BCUT2D eigenvalue weighted by Crippen LogP contribution is 2.36. The normalized spacial score (nSPS) is 12.1. The Hall–Kier alpha value is -3.03. The lowest BCUT2D eigenvalue weighted by Gasteiger charge is -2.17. The van der Waals surface area contributed by atoms with Gasteiger partial charge in [-0.05, 0) is 42.3 Å². The third-order valence-electron chi connectivity index (χ3n) is 5.04. The summed E-state index contributed by atoms with van der Waals surface area (Å²) in [4.78, 5) is 36.4. The van der Waals surface area contributed by atoms with Gasteiger partial charge in [0.25, 0.3) is 12.0 Å². The largest absolute Gasteiger partial charge is 0.478 e. The van der Waals surface area contributed by atoms with Crippen LogP contribution in [0.3, 0.4) is 0 Å². The predicted octanol–water partition coefficient (Wildman–Crippen LogP) is 5.83. The highest BCUT2D eigenvalue weighted by molar-refractivity contribution is 6.33. The van der Waals surface area contributed by atoms with Gasteiger partial charge in [0.2, 0.25) is 0 Å². The average Bonchev–Trinajstić information content (AvgIpc) is 2.74. The number of carbonyl (C=O) groups excluding carboxylic acids is 1. The van der Waals surface area contributed by atoms with Gasteiger partial charge in [-0.3, -0.25) is 9.59 Å². The minimum atomic E-state index is -2.80. The number of nitrogens with zero attached hydrogens (tertiary/aromatic N) is 1. The molecule has 9 heteroatoms. The molecule has 1 heterocycles. The average molecular weight is 480 g/mol. The second kappa shape index (κ2) is 9.63. The number of benzene rings is 2. The number of carbonyl (C=O) groups is 2. The van der Waals surface area contributed by atoms with Gasteiger partial charge in [0.05, 0.1) is 16.6 Å². The van der Waals surface area contributed by atoms with Crippen molar-refractivity contribution in [2.75, 3.05) is 0 Å². The van der Waals surface area contributed by atoms with E-state index in [0.717, 1.165) is 10.6 Å². The number of carboxylic acids is 1. The SMILES string of the molecule is CC(C(=O)Cc1ccc(C(=O)O)cc1)n1cc(Cl)c(-c2cc(Cl)ccc2C(F)F)cc1=O. The van der Waals surface area contributed by atoms with Gasteiger partial charge in [0.15, 0.2) is 5.78 Å². The molecule has 0 saturated heterocycles. The summed E-state index contributed by atoms with van der Waals surface area (Å²) in [6.45, 7) is 1.52. The Morgan fingerprint density at radius 1 is 1.03 bits per heavy atom. The van der Waals surface area contributed by atoms with E-state index in [4.69, 9.17) is 28.3 Å². The van der Waals surface area contributed by atoms with E-state index >= 15 is 0 Å². The quantitative estimate of drug-likeness (QED) is 0.462. The van der Waals surface area contributed by atoms with Gasteiger partial charge in [-0.1, -0.05) is 41.4 Å². The van der Waals surface area contributed by atoms with Crippen LogP contribution in [0.4, 0.5) is 8.78 Å². The summed E-state index contributed by atoms with van der Waals surface area (Å²) in [5.74, 6) is -1.39. The zero-order valence-electron chi connectivity index (χ0n) is 16.7. The molecule has 1 atom stereocenters. The molecule has 3 rings (SSSR count). The van der Waals surface area contributed by atoms with Crippen LogP contribution in [-0.4, -0.2) is 21.4 Å². The van der Waals surface area contributed by atoms with Crippen molar-refractivity contribution in [1.29, 1.82) is 0 Å². The van der Waals surface area contributed by atoms with Crippen molar-refractivity contribution in [3.8, 4) is 11.1 Å². The van der Waals surface area contributed by atoms with Crippen LogP contribution < -0.4 is 5.56 Å². The van der Waals surface area contributed by atoms with Crippen LogP contribution in [-0.2, 0) is 11.2 Å². The zero-order chi connectivity index (χ0) is 23.6. The Morgan fingerprint density at radius 2 is 1.69 bits per heavy atom. The van der Waals surface area contributed by atoms with Gasteiger partial charge in [-0.2, -0.15) is 0 Å². The molecule has 32 heavy (non-hydrogen) atoms. The molecule has 0 saturated carbocycles. The molecule has 2 aromatic carbocycles. The fraction of sp³-hybridized carbons (Fsp3) is 0.174. The van der Waals surface area contributed by atoms with E-state index in [1.165, 1.54) is 55.6 Å². The fourth-order valence-corrected chi connectivity index (χ4v) is 3.69. The van der Waals surface area contributed by atoms with Crippen LogP contribution in [0.5, 0.6) is 0 Å². The molecule has 0 amide bonds. The molecule has 0 bridgehead atoms. The summed E-state index contributed by atoms with van der Waals surface area (Å²) in [7, 11) is 0. The van der Waals surface area contributed by atoms with Crippen LogP contribution >= 0.6 is 23.2 Å². The number of ketones is 1. The maximum atomic E-state index is 13.4. The predicted molar refractivity (Wildman–Crippen MR) is 118 cm³/mol. The van der Waals surface area contributed by atoms with Gasteiger partial charge in [0.1, 0.15) is 0 Å². The second-order valence-corrected chi connectivity index (χ2v) is 7.98. The van der Waals surface area contributed by atoms with E-state index in [0.29, 0.717) is 5.56 Å². The lowest BCUT2D eigenvalue weighted by molar-refractivity contribution is -0.121. The Balaban J connectivity index is 1.91. The van der Waals surface area contributed by atoms with Crippen molar-refractivity contribution in [2.45, 2.75) is 25.8 Å². The molecule has 5 nitrogen and oxygen atoms in total. The molecular formula is C23H17Cl2F2NO4. The van der Waals surface area contributed by atoms with Crippen molar-refractivity contribution in [3.05, 3.63) is 91.8 Å². The first-order valence-electron chi connectivity index (χ1n) is 9.43. The third-order valence-corrected chi connectivity index (χ3v) is 5.57. The summed E-state index contributed by atoms with van der Waals surface area (Å²) < 4.78 is 28.0. The lowest BCUT2D eigenvalue weighted by Crippen LogP contribution is -2.28. The number of hydrogen-bond donors (Lipinski definition) is 1. The number of hydrogen-bond acceptors (Lipinski definition) is 3. The van der Waals surface area contributed by atoms with Crippen LogP contribution in [0.2, 0.25) is 10.0 Å². The maximum absolute atomic E-state index is 13.4. The second-order valence-electron chi connectivity index (χ2n) is 7.13. The van der Waals surface area contributed by atoms with Crippen molar-refractivity contribution < 1.29 is 23.5 Å². The number of halogens is 4. The third kappa shape index (κ3) is 5.06. The Morgan fingerprint density at radius 3 is 2.28 bits per heavy atom. The van der Waals surface area contributed by atoms with Crippen LogP contribution in [0, 0.1) is 0 Å². The van der Waals surface area contributed by atoms with Crippen LogP contribution in [0.15, 0.2) is 59.5 Å². The number of Topliss-reactive ketones (excluding diaryl/α,β-unsaturated/α-hetero) is 1. The van der Waals surface area contributed by atoms with Crippen molar-refractivity contribution in [2.24, 2.45) is 0 Å². The molecule has 0 spiro atoms. The van der Waals surface area contributed by atoms with Crippen molar-refractivity contribution in [3.63, 3.8) is 0 Å². The number of rotatable bonds is 7. The molecule has 1 N–H and O–H groups in total. The van der Waals surface area contributed by atoms with Gasteiger partial charge < -0.3 is 9.67 Å². The number of alkyl halides is 2. The van der Waals surface area contributed by atoms with Gasteiger partial charge in [-0.15, -0.1) is 0 Å². The van der Waals surface area contributed by atoms with E-state index in [-0.39, 0.29) is 44.5 Å². The topological polar surface area (TPSA) is 76.4 Å². The highest BCUT2D eigenvalue weighted by Gasteiger charge is 2.21. The van der Waals surface area contributed by atoms with E-state index in [1.807, 2.05) is 0 Å². The van der Waals surface area contributed by atoms with Crippen LogP contribution in [0.25, 0.3) is 11.1 Å². The van der Waals surface area contributed by atoms with E-state index < -0.39 is 24.0 Å². The van der Waals surface area contributed by atoms with Crippen molar-refractivity contribution in [1.82, 2.24) is 4.57 Å². The molecule has 0 aliphatic heterocycles. The minimum absolute atomic E-state index is 0.0132. The van der Waals surface area contributed by atoms with E-state index in [2.05, 4.69) is 0 Å². The molecule has 0 aliphatic rings. The summed E-state index contributed by atoms with van der Waals surface area (Å²) in [6, 6.07) is 9.85. The van der Waals surface area contributed by atoms with Crippen molar-refractivity contribution >= 4 is 35.0 Å². The zero-order valence-corrected chi connectivity index (χ0v) is 18.2. The standard InChI is InChI=1S/C23H17Cl2F2NO4/c1-12(20(29)8-13-2-4-14(5-3-13)23(31)32)28-11-19(25)18(10-21(28)30)17-9-15(24)6-7-16(17)22(26)27/h2-7,9-12,22H,8H2,1H3,(H,31,32). The van der Waals surface area contributed by atoms with Gasteiger partial charge in [-0.25, -0.2) is 13.6 Å². The molecular weight excluding hydrogens is 463 g/mol. The smallest absolute Gasteiger partial charge is 0.335 e. The molecule has 0 aliphatic carbocycles. The summed E-state index contributed by atoms with van der Waals surface area (Å²) in [5.41, 5.74) is -0.0944. The fourth-order valence-electron chi connectivity index (χ4n) is 3.25. The molecule has 1 aromatic heterocycles. The molecule has 0 radical (unpaired) electrons. The first-order chi connectivity index (χ1) is 15.1. The molecule has 3 aromatic rings. The maximum Gasteiger partial charge on any atom is 0.335 e. The lowest BCUT2D eigenvalue weighted by atomic mass is 10.00. The Bertz CT molecular complexity index is 1240. The Labute approximate surface area is 191 Å². The monoisotopic (exact) mass is 479 g/mol. The number of aromatic nitrogens is 1. The number of carboxylic acid groups (broad SMARTS) is 1. The first kappa shape index (κ1) is 23.6. The molecule has 1 unspecified atom stereocenters. The van der Waals surface area contributed by atoms with E-state index in [1.54, 1.807) is 0 Å². The van der Waals surface area contributed by atoms with Gasteiger partial charge >= 0.3 is 5.97 Å². The van der Waals surface area contributed by atoms with Gasteiger partial charge in [0, 0.05) is 34.8 Å². The first-order valence-corrected chi connectivity index (χ1v) is 10.2. The minimum Gasteiger partial charge on any atom is -0.478 e. The number of aromatic carboxylic acids is 1. The summed E-state index contributed by atoms with van der Waals surface area (Å²) in [5, 5.41) is 9.18. The molecule has 166 valence electrons. The van der Waals surface area contributed by atoms with E-state index in [9.17, 15) is 23.2 Å². The molecule has 0 fully saturated rings. The summed E-state index contributed by atoms with van der Waals surface area (Å²) >= 11 is 12.2. The Kier molecular flexibility index (Phi) is 7.11. The highest BCUT2D eigenvalue weighted by atomic mass is 35.5. The van der Waals surface area contributed by atoms with Crippen LogP contribution in [0.1, 0.15) is 40.9 Å². The summed E-state index contributed by atoms with van der Waals surface area (Å²) in [6.07, 6.45) is -1.59.